The molecule has 1 aromatic heterocycles. The Labute approximate surface area is 110 Å². The van der Waals surface area contributed by atoms with Gasteiger partial charge in [0.25, 0.3) is 0 Å². The molecule has 0 aliphatic rings. The van der Waals surface area contributed by atoms with Gasteiger partial charge in [0, 0.05) is 12.1 Å². The van der Waals surface area contributed by atoms with Gasteiger partial charge in [-0.25, -0.2) is 4.98 Å². The monoisotopic (exact) mass is 254 g/mol. The van der Waals surface area contributed by atoms with E-state index in [0.29, 0.717) is 0 Å². The van der Waals surface area contributed by atoms with Gasteiger partial charge < -0.3 is 5.73 Å². The lowest BCUT2D eigenvalue weighted by Crippen LogP contribution is -1.89. The van der Waals surface area contributed by atoms with E-state index in [4.69, 9.17) is 5.73 Å². The van der Waals surface area contributed by atoms with Crippen molar-refractivity contribution in [3.8, 4) is 0 Å². The molecule has 2 nitrogen and oxygen atoms in total. The van der Waals surface area contributed by atoms with Gasteiger partial charge in [0.1, 0.15) is 0 Å². The van der Waals surface area contributed by atoms with Crippen LogP contribution in [0.4, 0.5) is 5.69 Å². The van der Waals surface area contributed by atoms with E-state index in [1.54, 1.807) is 11.3 Å². The molecule has 0 aliphatic heterocycles. The molecule has 3 aromatic rings. The number of nitrogens with two attached hydrogens (primary N) is 1. The maximum absolute atomic E-state index is 5.78. The van der Waals surface area contributed by atoms with Crippen LogP contribution in [0.15, 0.2) is 48.5 Å². The fourth-order valence-electron chi connectivity index (χ4n) is 1.99. The normalized spacial score (nSPS) is 10.9. The van der Waals surface area contributed by atoms with Crippen molar-refractivity contribution in [2.45, 2.75) is 12.8 Å². The highest BCUT2D eigenvalue weighted by molar-refractivity contribution is 7.18. The van der Waals surface area contributed by atoms with Gasteiger partial charge in [0.15, 0.2) is 0 Å². The quantitative estimate of drug-likeness (QED) is 0.724. The van der Waals surface area contributed by atoms with E-state index in [-0.39, 0.29) is 0 Å². The molecule has 0 bridgehead atoms. The third-order valence-corrected chi connectivity index (χ3v) is 4.01. The number of rotatable bonds is 3. The minimum absolute atomic E-state index is 0.806. The topological polar surface area (TPSA) is 38.9 Å². The van der Waals surface area contributed by atoms with E-state index >= 15 is 0 Å². The summed E-state index contributed by atoms with van der Waals surface area (Å²) < 4.78 is 1.18. The van der Waals surface area contributed by atoms with Crippen LogP contribution in [0.1, 0.15) is 10.6 Å². The van der Waals surface area contributed by atoms with Crippen LogP contribution in [0.2, 0.25) is 0 Å². The average molecular weight is 254 g/mol. The number of benzene rings is 2. The summed E-state index contributed by atoms with van der Waals surface area (Å²) in [7, 11) is 0. The van der Waals surface area contributed by atoms with Crippen LogP contribution in [0.3, 0.4) is 0 Å². The van der Waals surface area contributed by atoms with E-state index < -0.39 is 0 Å². The first kappa shape index (κ1) is 11.2. The average Bonchev–Trinajstić information content (AvgIpc) is 2.79. The van der Waals surface area contributed by atoms with E-state index in [1.165, 1.54) is 15.3 Å². The van der Waals surface area contributed by atoms with Crippen LogP contribution < -0.4 is 5.73 Å². The largest absolute Gasteiger partial charge is 0.399 e. The fourth-order valence-corrected chi connectivity index (χ4v) is 3.01. The molecule has 18 heavy (non-hydrogen) atoms. The Hall–Kier alpha value is -1.87. The highest BCUT2D eigenvalue weighted by Gasteiger charge is 2.04. The number of hydrogen-bond acceptors (Lipinski definition) is 3. The van der Waals surface area contributed by atoms with Crippen molar-refractivity contribution in [3.05, 3.63) is 59.1 Å². The molecule has 0 atom stereocenters. The smallest absolute Gasteiger partial charge is 0.0941 e. The van der Waals surface area contributed by atoms with Crippen molar-refractivity contribution in [1.29, 1.82) is 0 Å². The standard InChI is InChI=1S/C15H14N2S/c16-12-7-8-13-14(10-12)18-15(17-13)9-6-11-4-2-1-3-5-11/h1-5,7-8,10H,6,9,16H2. The molecule has 0 amide bonds. The predicted octanol–water partition coefficient (Wildman–Crippen LogP) is 3.66. The fraction of sp³-hybridized carbons (Fsp3) is 0.133. The number of aryl methyl sites for hydroxylation is 2. The van der Waals surface area contributed by atoms with Crippen molar-refractivity contribution in [1.82, 2.24) is 4.98 Å². The van der Waals surface area contributed by atoms with Gasteiger partial charge in [-0.2, -0.15) is 0 Å². The number of nitrogens with zero attached hydrogens (tertiary/aromatic N) is 1. The Balaban J connectivity index is 1.79. The molecule has 0 saturated heterocycles. The minimum Gasteiger partial charge on any atom is -0.399 e. The lowest BCUT2D eigenvalue weighted by molar-refractivity contribution is 0.949. The summed E-state index contributed by atoms with van der Waals surface area (Å²) in [4.78, 5) is 4.63. The van der Waals surface area contributed by atoms with Gasteiger partial charge in [0.05, 0.1) is 15.2 Å². The van der Waals surface area contributed by atoms with Crippen molar-refractivity contribution >= 4 is 27.2 Å². The van der Waals surface area contributed by atoms with Gasteiger partial charge >= 0.3 is 0 Å². The summed E-state index contributed by atoms with van der Waals surface area (Å²) in [5.41, 5.74) is 8.99. The Morgan fingerprint density at radius 3 is 2.67 bits per heavy atom. The van der Waals surface area contributed by atoms with Gasteiger partial charge in [0.2, 0.25) is 0 Å². The van der Waals surface area contributed by atoms with E-state index in [0.717, 1.165) is 24.0 Å². The maximum atomic E-state index is 5.78. The number of thiazole rings is 1. The van der Waals surface area contributed by atoms with Crippen LogP contribution in [-0.2, 0) is 12.8 Å². The van der Waals surface area contributed by atoms with Gasteiger partial charge in [-0.15, -0.1) is 11.3 Å². The summed E-state index contributed by atoms with van der Waals surface area (Å²) in [6, 6.07) is 16.4. The zero-order chi connectivity index (χ0) is 12.4. The molecule has 0 unspecified atom stereocenters. The van der Waals surface area contributed by atoms with Crippen molar-refractivity contribution in [3.63, 3.8) is 0 Å². The van der Waals surface area contributed by atoms with Crippen LogP contribution >= 0.6 is 11.3 Å². The minimum atomic E-state index is 0.806. The summed E-state index contributed by atoms with van der Waals surface area (Å²) in [5.74, 6) is 0. The molecule has 0 saturated carbocycles. The second kappa shape index (κ2) is 4.78. The molecule has 3 rings (SSSR count). The Morgan fingerprint density at radius 1 is 1.00 bits per heavy atom. The Bertz CT molecular complexity index is 659. The number of anilines is 1. The highest BCUT2D eigenvalue weighted by atomic mass is 32.1. The number of hydrogen-bond donors (Lipinski definition) is 1. The van der Waals surface area contributed by atoms with Crippen LogP contribution in [0, 0.1) is 0 Å². The lowest BCUT2D eigenvalue weighted by atomic mass is 10.1. The van der Waals surface area contributed by atoms with Crippen molar-refractivity contribution in [2.75, 3.05) is 5.73 Å². The third-order valence-electron chi connectivity index (χ3n) is 2.93. The van der Waals surface area contributed by atoms with E-state index in [2.05, 4.69) is 29.2 Å². The summed E-state index contributed by atoms with van der Waals surface area (Å²) >= 11 is 1.74. The van der Waals surface area contributed by atoms with Crippen LogP contribution in [0.25, 0.3) is 10.2 Å². The van der Waals surface area contributed by atoms with E-state index in [9.17, 15) is 0 Å². The molecular formula is C15H14N2S. The SMILES string of the molecule is Nc1ccc2nc(CCc3ccccc3)sc2c1. The molecule has 0 spiro atoms. The highest BCUT2D eigenvalue weighted by Crippen LogP contribution is 2.25. The molecule has 2 aromatic carbocycles. The van der Waals surface area contributed by atoms with Crippen LogP contribution in [0.5, 0.6) is 0 Å². The molecule has 0 fully saturated rings. The Morgan fingerprint density at radius 2 is 1.83 bits per heavy atom. The predicted molar refractivity (Wildman–Crippen MR) is 77.9 cm³/mol. The molecule has 2 N–H and O–H groups in total. The van der Waals surface area contributed by atoms with Gasteiger partial charge in [-0.1, -0.05) is 30.3 Å². The first-order chi connectivity index (χ1) is 8.81. The number of nitrogen functional groups attached to an aromatic ring is 1. The van der Waals surface area contributed by atoms with Crippen molar-refractivity contribution in [2.24, 2.45) is 0 Å². The van der Waals surface area contributed by atoms with Gasteiger partial charge in [-0.3, -0.25) is 0 Å². The summed E-state index contributed by atoms with van der Waals surface area (Å²) in [6.07, 6.45) is 2.03. The number of aromatic nitrogens is 1. The van der Waals surface area contributed by atoms with Crippen LogP contribution in [-0.4, -0.2) is 4.98 Å². The molecule has 1 heterocycles. The molecular weight excluding hydrogens is 240 g/mol. The molecule has 3 heteroatoms. The number of fused-ring (bicyclic) bond motifs is 1. The first-order valence-electron chi connectivity index (χ1n) is 6.00. The Kier molecular flexibility index (Phi) is 2.99. The summed E-state index contributed by atoms with van der Waals surface area (Å²) in [6.45, 7) is 0. The first-order valence-corrected chi connectivity index (χ1v) is 6.82. The zero-order valence-electron chi connectivity index (χ0n) is 9.97. The maximum Gasteiger partial charge on any atom is 0.0941 e. The lowest BCUT2D eigenvalue weighted by Gasteiger charge is -1.97. The zero-order valence-corrected chi connectivity index (χ0v) is 10.8. The summed E-state index contributed by atoms with van der Waals surface area (Å²) in [5, 5.41) is 1.18. The molecule has 90 valence electrons. The van der Waals surface area contributed by atoms with Crippen molar-refractivity contribution < 1.29 is 0 Å². The molecule has 0 aliphatic carbocycles. The third kappa shape index (κ3) is 2.36. The second-order valence-corrected chi connectivity index (χ2v) is 5.44. The second-order valence-electron chi connectivity index (χ2n) is 4.32. The molecule has 0 radical (unpaired) electrons. The van der Waals surface area contributed by atoms with E-state index in [1.807, 2.05) is 24.3 Å². The van der Waals surface area contributed by atoms with Gasteiger partial charge in [-0.05, 0) is 30.2 Å².